The monoisotopic (exact) mass is 179 g/mol. The minimum Gasteiger partial charge on any atom is -0.508 e. The summed E-state index contributed by atoms with van der Waals surface area (Å²) in [6.45, 7) is 1.44. The summed E-state index contributed by atoms with van der Waals surface area (Å²) in [5.41, 5.74) is 0.128. The van der Waals surface area contributed by atoms with Crippen LogP contribution in [0, 0.1) is 0 Å². The number of hydrogen-bond donors (Lipinski definition) is 3. The van der Waals surface area contributed by atoms with Gasteiger partial charge in [0.15, 0.2) is 0 Å². The van der Waals surface area contributed by atoms with Crippen molar-refractivity contribution in [3.63, 3.8) is 0 Å². The average molecular weight is 179 g/mol. The zero-order chi connectivity index (χ0) is 9.31. The first-order valence-electron chi connectivity index (χ1n) is 4.43. The lowest BCUT2D eigenvalue weighted by atomic mass is 9.93. The van der Waals surface area contributed by atoms with E-state index < -0.39 is 5.60 Å². The molecule has 0 amide bonds. The van der Waals surface area contributed by atoms with Crippen LogP contribution in [0.4, 0.5) is 0 Å². The predicted molar refractivity (Wildman–Crippen MR) is 49.5 cm³/mol. The van der Waals surface area contributed by atoms with Gasteiger partial charge < -0.3 is 15.5 Å². The van der Waals surface area contributed by atoms with Crippen LogP contribution in [0.2, 0.25) is 0 Å². The molecular weight excluding hydrogens is 166 g/mol. The number of benzene rings is 1. The second kappa shape index (κ2) is 3.01. The highest BCUT2D eigenvalue weighted by atomic mass is 16.3. The number of phenolic OH excluding ortho intramolecular Hbond substituents is 1. The van der Waals surface area contributed by atoms with Gasteiger partial charge in [0.1, 0.15) is 11.4 Å². The number of β-amino-alcohol motifs (C(OH)–C–C–N with tert-alkyl or cyclic N) is 1. The Bertz CT molecular complexity index is 288. The minimum atomic E-state index is -0.742. The molecule has 0 aliphatic carbocycles. The van der Waals surface area contributed by atoms with E-state index in [-0.39, 0.29) is 5.75 Å². The number of nitrogens with one attached hydrogen (secondary N) is 1. The van der Waals surface area contributed by atoms with Gasteiger partial charge in [0, 0.05) is 6.54 Å². The predicted octanol–water partition coefficient (Wildman–Crippen LogP) is 0.573. The van der Waals surface area contributed by atoms with Gasteiger partial charge in [0.25, 0.3) is 0 Å². The highest BCUT2D eigenvalue weighted by Crippen LogP contribution is 2.28. The van der Waals surface area contributed by atoms with Gasteiger partial charge in [-0.25, -0.2) is 0 Å². The first kappa shape index (κ1) is 8.53. The van der Waals surface area contributed by atoms with Crippen LogP contribution in [0.5, 0.6) is 5.75 Å². The third kappa shape index (κ3) is 1.53. The van der Waals surface area contributed by atoms with Crippen LogP contribution in [0.3, 0.4) is 0 Å². The van der Waals surface area contributed by atoms with Gasteiger partial charge in [-0.05, 0) is 30.7 Å². The van der Waals surface area contributed by atoms with Crippen LogP contribution >= 0.6 is 0 Å². The number of hydrogen-bond acceptors (Lipinski definition) is 3. The molecule has 3 N–H and O–H groups in total. The average Bonchev–Trinajstić information content (AvgIpc) is 2.54. The summed E-state index contributed by atoms with van der Waals surface area (Å²) in [5.74, 6) is 0.235. The molecule has 13 heavy (non-hydrogen) atoms. The Morgan fingerprint density at radius 1 is 1.23 bits per heavy atom. The van der Waals surface area contributed by atoms with E-state index in [4.69, 9.17) is 5.11 Å². The number of phenols is 1. The molecule has 0 aromatic heterocycles. The van der Waals surface area contributed by atoms with E-state index in [0.717, 1.165) is 18.5 Å². The quantitative estimate of drug-likeness (QED) is 0.591. The fourth-order valence-electron chi connectivity index (χ4n) is 1.70. The van der Waals surface area contributed by atoms with Gasteiger partial charge in [0.2, 0.25) is 0 Å². The maximum absolute atomic E-state index is 10.1. The first-order chi connectivity index (χ1) is 6.21. The molecule has 1 fully saturated rings. The van der Waals surface area contributed by atoms with Gasteiger partial charge in [0.05, 0.1) is 0 Å². The standard InChI is InChI=1S/C10H13NO2/c12-9-3-1-8(2-4-9)10(13)5-6-11-7-10/h1-4,11-13H,5-7H2. The number of aliphatic hydroxyl groups is 1. The van der Waals surface area contributed by atoms with Crippen molar-refractivity contribution >= 4 is 0 Å². The van der Waals surface area contributed by atoms with Crippen molar-refractivity contribution in [2.24, 2.45) is 0 Å². The van der Waals surface area contributed by atoms with Gasteiger partial charge in [-0.1, -0.05) is 12.1 Å². The molecule has 1 heterocycles. The van der Waals surface area contributed by atoms with E-state index in [1.807, 2.05) is 0 Å². The van der Waals surface area contributed by atoms with Crippen molar-refractivity contribution in [3.8, 4) is 5.75 Å². The molecule has 1 aromatic rings. The Hall–Kier alpha value is -1.06. The molecule has 1 saturated heterocycles. The zero-order valence-electron chi connectivity index (χ0n) is 7.33. The van der Waals surface area contributed by atoms with Gasteiger partial charge >= 0.3 is 0 Å². The van der Waals surface area contributed by atoms with Gasteiger partial charge in [-0.3, -0.25) is 0 Å². The fourth-order valence-corrected chi connectivity index (χ4v) is 1.70. The molecule has 70 valence electrons. The number of aromatic hydroxyl groups is 1. The van der Waals surface area contributed by atoms with Crippen molar-refractivity contribution in [2.45, 2.75) is 12.0 Å². The van der Waals surface area contributed by atoms with Crippen molar-refractivity contribution in [3.05, 3.63) is 29.8 Å². The summed E-state index contributed by atoms with van der Waals surface area (Å²) in [7, 11) is 0. The van der Waals surface area contributed by atoms with Crippen LogP contribution in [0.1, 0.15) is 12.0 Å². The SMILES string of the molecule is Oc1ccc(C2(O)CCNC2)cc1. The smallest absolute Gasteiger partial charge is 0.115 e. The molecule has 1 atom stereocenters. The van der Waals surface area contributed by atoms with E-state index in [9.17, 15) is 5.11 Å². The first-order valence-corrected chi connectivity index (χ1v) is 4.43. The molecule has 2 rings (SSSR count). The zero-order valence-corrected chi connectivity index (χ0v) is 7.33. The highest BCUT2D eigenvalue weighted by Gasteiger charge is 2.32. The molecule has 1 aliphatic heterocycles. The Labute approximate surface area is 77.0 Å². The Morgan fingerprint density at radius 2 is 1.92 bits per heavy atom. The second-order valence-corrected chi connectivity index (χ2v) is 3.51. The molecule has 0 spiro atoms. The van der Waals surface area contributed by atoms with E-state index in [0.29, 0.717) is 6.54 Å². The molecular formula is C10H13NO2. The molecule has 0 radical (unpaired) electrons. The summed E-state index contributed by atoms with van der Waals surface area (Å²) < 4.78 is 0. The third-order valence-corrected chi connectivity index (χ3v) is 2.54. The molecule has 1 aromatic carbocycles. The van der Waals surface area contributed by atoms with E-state index in [1.54, 1.807) is 24.3 Å². The number of rotatable bonds is 1. The maximum Gasteiger partial charge on any atom is 0.115 e. The fraction of sp³-hybridized carbons (Fsp3) is 0.400. The van der Waals surface area contributed by atoms with Crippen molar-refractivity contribution < 1.29 is 10.2 Å². The van der Waals surface area contributed by atoms with Crippen LogP contribution < -0.4 is 5.32 Å². The molecule has 1 unspecified atom stereocenters. The van der Waals surface area contributed by atoms with Crippen LogP contribution in [-0.4, -0.2) is 23.3 Å². The van der Waals surface area contributed by atoms with E-state index in [1.165, 1.54) is 0 Å². The second-order valence-electron chi connectivity index (χ2n) is 3.51. The summed E-state index contributed by atoms with van der Waals surface area (Å²) >= 11 is 0. The lowest BCUT2D eigenvalue weighted by Crippen LogP contribution is -2.28. The Balaban J connectivity index is 2.29. The summed E-state index contributed by atoms with van der Waals surface area (Å²) in [5, 5.41) is 22.3. The van der Waals surface area contributed by atoms with E-state index in [2.05, 4.69) is 5.32 Å². The normalized spacial score (nSPS) is 27.8. The Morgan fingerprint density at radius 3 is 2.46 bits per heavy atom. The summed E-state index contributed by atoms with van der Waals surface area (Å²) in [6.07, 6.45) is 0.734. The highest BCUT2D eigenvalue weighted by molar-refractivity contribution is 5.30. The van der Waals surface area contributed by atoms with E-state index >= 15 is 0 Å². The van der Waals surface area contributed by atoms with Crippen LogP contribution in [0.25, 0.3) is 0 Å². The third-order valence-electron chi connectivity index (χ3n) is 2.54. The van der Waals surface area contributed by atoms with Crippen molar-refractivity contribution in [2.75, 3.05) is 13.1 Å². The van der Waals surface area contributed by atoms with Crippen molar-refractivity contribution in [1.82, 2.24) is 5.32 Å². The lowest BCUT2D eigenvalue weighted by molar-refractivity contribution is 0.0587. The summed E-state index contributed by atoms with van der Waals surface area (Å²) in [6, 6.07) is 6.74. The topological polar surface area (TPSA) is 52.5 Å². The molecule has 3 heteroatoms. The Kier molecular flexibility index (Phi) is 1.98. The minimum absolute atomic E-state index is 0.235. The largest absolute Gasteiger partial charge is 0.508 e. The van der Waals surface area contributed by atoms with Gasteiger partial charge in [-0.2, -0.15) is 0 Å². The van der Waals surface area contributed by atoms with Gasteiger partial charge in [-0.15, -0.1) is 0 Å². The lowest BCUT2D eigenvalue weighted by Gasteiger charge is -2.21. The molecule has 1 aliphatic rings. The van der Waals surface area contributed by atoms with Crippen LogP contribution in [-0.2, 0) is 5.60 Å². The van der Waals surface area contributed by atoms with Crippen molar-refractivity contribution in [1.29, 1.82) is 0 Å². The molecule has 0 bridgehead atoms. The molecule has 0 saturated carbocycles. The maximum atomic E-state index is 10.1. The summed E-state index contributed by atoms with van der Waals surface area (Å²) in [4.78, 5) is 0. The molecule has 3 nitrogen and oxygen atoms in total. The van der Waals surface area contributed by atoms with Crippen LogP contribution in [0.15, 0.2) is 24.3 Å².